The van der Waals surface area contributed by atoms with Gasteiger partial charge in [0.25, 0.3) is 0 Å². The van der Waals surface area contributed by atoms with Gasteiger partial charge in [-0.15, -0.1) is 0 Å². The molecule has 0 atom stereocenters. The molecule has 0 bridgehead atoms. The summed E-state index contributed by atoms with van der Waals surface area (Å²) in [7, 11) is 0. The fraction of sp³-hybridized carbons (Fsp3) is 0.286. The van der Waals surface area contributed by atoms with Crippen molar-refractivity contribution in [1.29, 1.82) is 0 Å². The molecule has 6 heteroatoms. The number of amidine groups is 1. The van der Waals surface area contributed by atoms with E-state index in [0.717, 1.165) is 5.69 Å². The van der Waals surface area contributed by atoms with Crippen LogP contribution in [0.15, 0.2) is 22.6 Å². The molecular weight excluding hydrogens is 188 g/mol. The molecule has 0 saturated carbocycles. The molecule has 0 aromatic carbocycles. The molecule has 0 aliphatic carbocycles. The van der Waals surface area contributed by atoms with Crippen LogP contribution in [0.2, 0.25) is 0 Å². The normalized spacial score (nSPS) is 11.6. The third-order valence-electron chi connectivity index (χ3n) is 1.25. The molecule has 1 aromatic heterocycles. The number of nitrogens with zero attached hydrogens (tertiary/aromatic N) is 3. The number of rotatable bonds is 3. The Balaban J connectivity index is 2.55. The molecule has 0 amide bonds. The fourth-order valence-corrected chi connectivity index (χ4v) is 1.34. The van der Waals surface area contributed by atoms with E-state index in [1.54, 1.807) is 6.20 Å². The first-order valence-electron chi connectivity index (χ1n) is 3.61. The van der Waals surface area contributed by atoms with Gasteiger partial charge in [0.2, 0.25) is 0 Å². The smallest absolute Gasteiger partial charge is 0.188 e. The molecular formula is C7H10N4OS. The Labute approximate surface area is 80.1 Å². The number of aryl methyl sites for hydroxylation is 1. The Morgan fingerprint density at radius 3 is 3.15 bits per heavy atom. The van der Waals surface area contributed by atoms with Gasteiger partial charge in [-0.05, 0) is 13.0 Å². The first kappa shape index (κ1) is 9.79. The topological polar surface area (TPSA) is 84.4 Å². The summed E-state index contributed by atoms with van der Waals surface area (Å²) in [5.74, 6) is 0.551. The number of aromatic nitrogens is 2. The van der Waals surface area contributed by atoms with Gasteiger partial charge >= 0.3 is 0 Å². The van der Waals surface area contributed by atoms with Gasteiger partial charge in [0, 0.05) is 11.9 Å². The second-order valence-electron chi connectivity index (χ2n) is 2.36. The molecule has 13 heavy (non-hydrogen) atoms. The minimum atomic E-state index is 0.162. The van der Waals surface area contributed by atoms with Crippen molar-refractivity contribution in [2.45, 2.75) is 12.1 Å². The molecule has 0 aliphatic rings. The monoisotopic (exact) mass is 198 g/mol. The largest absolute Gasteiger partial charge is 0.409 e. The van der Waals surface area contributed by atoms with Crippen LogP contribution in [-0.2, 0) is 0 Å². The summed E-state index contributed by atoms with van der Waals surface area (Å²) in [6.07, 6.45) is 1.68. The summed E-state index contributed by atoms with van der Waals surface area (Å²) >= 11 is 1.33. The minimum absolute atomic E-state index is 0.162. The Morgan fingerprint density at radius 2 is 2.54 bits per heavy atom. The van der Waals surface area contributed by atoms with Crippen LogP contribution in [-0.4, -0.2) is 26.8 Å². The number of thioether (sulfide) groups is 1. The van der Waals surface area contributed by atoms with Crippen LogP contribution in [0.25, 0.3) is 0 Å². The van der Waals surface area contributed by atoms with Crippen molar-refractivity contribution in [3.05, 3.63) is 18.0 Å². The first-order valence-corrected chi connectivity index (χ1v) is 4.60. The van der Waals surface area contributed by atoms with Crippen LogP contribution < -0.4 is 5.73 Å². The molecule has 1 heterocycles. The maximum absolute atomic E-state index is 8.28. The molecule has 3 N–H and O–H groups in total. The Bertz CT molecular complexity index is 315. The molecule has 1 aromatic rings. The van der Waals surface area contributed by atoms with Crippen LogP contribution >= 0.6 is 11.8 Å². The number of nitrogens with two attached hydrogens (primary N) is 1. The highest BCUT2D eigenvalue weighted by atomic mass is 32.2. The van der Waals surface area contributed by atoms with Crippen LogP contribution in [0, 0.1) is 6.92 Å². The SMILES string of the molecule is Cc1ccnc(SC/C(N)=N/O)n1. The van der Waals surface area contributed by atoms with Crippen LogP contribution in [0.3, 0.4) is 0 Å². The lowest BCUT2D eigenvalue weighted by Gasteiger charge is -1.98. The van der Waals surface area contributed by atoms with E-state index in [2.05, 4.69) is 15.1 Å². The molecule has 0 aliphatic heterocycles. The predicted molar refractivity (Wildman–Crippen MR) is 50.9 cm³/mol. The van der Waals surface area contributed by atoms with E-state index in [-0.39, 0.29) is 5.84 Å². The van der Waals surface area contributed by atoms with Crippen LogP contribution in [0.1, 0.15) is 5.69 Å². The van der Waals surface area contributed by atoms with Crippen LogP contribution in [0.4, 0.5) is 0 Å². The molecule has 0 unspecified atom stereocenters. The molecule has 0 spiro atoms. The maximum Gasteiger partial charge on any atom is 0.188 e. The zero-order valence-electron chi connectivity index (χ0n) is 7.14. The number of hydrogen-bond acceptors (Lipinski definition) is 5. The van der Waals surface area contributed by atoms with Gasteiger partial charge in [0.15, 0.2) is 5.16 Å². The van der Waals surface area contributed by atoms with E-state index in [0.29, 0.717) is 10.9 Å². The van der Waals surface area contributed by atoms with Gasteiger partial charge in [-0.3, -0.25) is 0 Å². The van der Waals surface area contributed by atoms with E-state index < -0.39 is 0 Å². The predicted octanol–water partition coefficient (Wildman–Crippen LogP) is 0.624. The summed E-state index contributed by atoms with van der Waals surface area (Å²) in [5, 5.41) is 11.8. The van der Waals surface area contributed by atoms with E-state index in [9.17, 15) is 0 Å². The van der Waals surface area contributed by atoms with Gasteiger partial charge in [-0.1, -0.05) is 16.9 Å². The quantitative estimate of drug-likeness (QED) is 0.186. The van der Waals surface area contributed by atoms with Gasteiger partial charge in [-0.25, -0.2) is 9.97 Å². The molecule has 0 saturated heterocycles. The number of hydrogen-bond donors (Lipinski definition) is 2. The van der Waals surface area contributed by atoms with Gasteiger partial charge < -0.3 is 10.9 Å². The lowest BCUT2D eigenvalue weighted by Crippen LogP contribution is -2.14. The summed E-state index contributed by atoms with van der Waals surface area (Å²) in [6, 6.07) is 1.81. The van der Waals surface area contributed by atoms with Crippen molar-refractivity contribution >= 4 is 17.6 Å². The van der Waals surface area contributed by atoms with Crippen molar-refractivity contribution in [3.63, 3.8) is 0 Å². The van der Waals surface area contributed by atoms with E-state index in [4.69, 9.17) is 10.9 Å². The fourth-order valence-electron chi connectivity index (χ4n) is 0.663. The Kier molecular flexibility index (Phi) is 3.51. The lowest BCUT2D eigenvalue weighted by molar-refractivity contribution is 0.318. The minimum Gasteiger partial charge on any atom is -0.409 e. The van der Waals surface area contributed by atoms with E-state index in [1.165, 1.54) is 11.8 Å². The number of oxime groups is 1. The summed E-state index contributed by atoms with van der Waals surface area (Å²) < 4.78 is 0. The third kappa shape index (κ3) is 3.29. The average molecular weight is 198 g/mol. The van der Waals surface area contributed by atoms with Crippen molar-refractivity contribution < 1.29 is 5.21 Å². The highest BCUT2D eigenvalue weighted by molar-refractivity contribution is 7.99. The van der Waals surface area contributed by atoms with Crippen LogP contribution in [0.5, 0.6) is 0 Å². The molecule has 70 valence electrons. The van der Waals surface area contributed by atoms with Gasteiger partial charge in [-0.2, -0.15) is 0 Å². The summed E-state index contributed by atoms with van der Waals surface area (Å²) in [6.45, 7) is 1.88. The third-order valence-corrected chi connectivity index (χ3v) is 2.15. The first-order chi connectivity index (χ1) is 6.22. The molecule has 5 nitrogen and oxygen atoms in total. The molecule has 0 radical (unpaired) electrons. The van der Waals surface area contributed by atoms with Crippen molar-refractivity contribution in [1.82, 2.24) is 9.97 Å². The van der Waals surface area contributed by atoms with Crippen molar-refractivity contribution in [3.8, 4) is 0 Å². The summed E-state index contributed by atoms with van der Waals surface area (Å²) in [4.78, 5) is 8.14. The van der Waals surface area contributed by atoms with E-state index in [1.807, 2.05) is 13.0 Å². The second kappa shape index (κ2) is 4.66. The maximum atomic E-state index is 8.28. The Hall–Kier alpha value is -1.30. The zero-order valence-corrected chi connectivity index (χ0v) is 7.95. The van der Waals surface area contributed by atoms with Crippen molar-refractivity contribution in [2.24, 2.45) is 10.9 Å². The standard InChI is InChI=1S/C7H10N4OS/c1-5-2-3-9-7(10-5)13-4-6(8)11-12/h2-3,12H,4H2,1H3,(H2,8,11). The molecule has 1 rings (SSSR count). The van der Waals surface area contributed by atoms with E-state index >= 15 is 0 Å². The Morgan fingerprint density at radius 1 is 1.77 bits per heavy atom. The molecule has 0 fully saturated rings. The second-order valence-corrected chi connectivity index (χ2v) is 3.30. The lowest BCUT2D eigenvalue weighted by atomic mass is 10.5. The van der Waals surface area contributed by atoms with Gasteiger partial charge in [0.1, 0.15) is 5.84 Å². The summed E-state index contributed by atoms with van der Waals surface area (Å²) in [5.41, 5.74) is 6.18. The zero-order chi connectivity index (χ0) is 9.68. The van der Waals surface area contributed by atoms with Crippen molar-refractivity contribution in [2.75, 3.05) is 5.75 Å². The highest BCUT2D eigenvalue weighted by Crippen LogP contribution is 2.11. The average Bonchev–Trinajstić information content (AvgIpc) is 2.14. The highest BCUT2D eigenvalue weighted by Gasteiger charge is 1.99. The van der Waals surface area contributed by atoms with Gasteiger partial charge in [0.05, 0.1) is 5.75 Å².